The number of amides is 4. The van der Waals surface area contributed by atoms with Crippen molar-refractivity contribution < 1.29 is 19.1 Å². The Morgan fingerprint density at radius 3 is 2.43 bits per heavy atom. The van der Waals surface area contributed by atoms with Gasteiger partial charge in [0.2, 0.25) is 0 Å². The first-order chi connectivity index (χ1) is 10.8. The van der Waals surface area contributed by atoms with Gasteiger partial charge >= 0.3 is 6.03 Å². The molecule has 0 aliphatic carbocycles. The van der Waals surface area contributed by atoms with Crippen LogP contribution in [-0.4, -0.2) is 30.5 Å². The van der Waals surface area contributed by atoms with Gasteiger partial charge in [-0.05, 0) is 18.1 Å². The normalized spacial score (nSPS) is 11.5. The van der Waals surface area contributed by atoms with Crippen LogP contribution in [0.3, 0.4) is 0 Å². The third-order valence-corrected chi connectivity index (χ3v) is 3.08. The molecule has 1 atom stereocenters. The van der Waals surface area contributed by atoms with Crippen molar-refractivity contribution in [2.24, 2.45) is 11.7 Å². The zero-order valence-corrected chi connectivity index (χ0v) is 13.5. The second kappa shape index (κ2) is 8.84. The van der Waals surface area contributed by atoms with Gasteiger partial charge in [0.25, 0.3) is 11.8 Å². The summed E-state index contributed by atoms with van der Waals surface area (Å²) in [5, 5.41) is 2.67. The maximum absolute atomic E-state index is 11.9. The Labute approximate surface area is 138 Å². The molecule has 23 heavy (non-hydrogen) atoms. The fourth-order valence-corrected chi connectivity index (χ4v) is 1.83. The van der Waals surface area contributed by atoms with Gasteiger partial charge in [-0.1, -0.05) is 37.6 Å². The lowest BCUT2D eigenvalue weighted by Crippen LogP contribution is -2.55. The van der Waals surface area contributed by atoms with E-state index in [0.29, 0.717) is 10.8 Å². The Morgan fingerprint density at radius 2 is 1.87 bits per heavy atom. The largest absolute Gasteiger partial charge is 0.482 e. The highest BCUT2D eigenvalue weighted by Gasteiger charge is 2.23. The number of benzene rings is 1. The van der Waals surface area contributed by atoms with Crippen LogP contribution in [0.25, 0.3) is 0 Å². The molecule has 0 heterocycles. The Kier molecular flexibility index (Phi) is 7.14. The smallest absolute Gasteiger partial charge is 0.312 e. The lowest BCUT2D eigenvalue weighted by molar-refractivity contribution is -0.131. The minimum Gasteiger partial charge on any atom is -0.482 e. The van der Waals surface area contributed by atoms with Crippen molar-refractivity contribution in [2.75, 3.05) is 6.61 Å². The molecule has 5 N–H and O–H groups in total. The molecule has 0 aromatic heterocycles. The summed E-state index contributed by atoms with van der Waals surface area (Å²) in [4.78, 5) is 34.4. The molecule has 0 aliphatic rings. The number of hydrazine groups is 1. The number of ether oxygens (including phenoxy) is 1. The van der Waals surface area contributed by atoms with Gasteiger partial charge in [0.15, 0.2) is 6.61 Å². The predicted molar refractivity (Wildman–Crippen MR) is 84.6 cm³/mol. The molecule has 0 spiro atoms. The van der Waals surface area contributed by atoms with Crippen LogP contribution in [0.15, 0.2) is 24.3 Å². The van der Waals surface area contributed by atoms with E-state index in [1.165, 1.54) is 0 Å². The van der Waals surface area contributed by atoms with Gasteiger partial charge in [-0.15, -0.1) is 0 Å². The fourth-order valence-electron chi connectivity index (χ4n) is 1.64. The maximum Gasteiger partial charge on any atom is 0.312 e. The van der Waals surface area contributed by atoms with Crippen LogP contribution in [0.1, 0.15) is 13.8 Å². The van der Waals surface area contributed by atoms with Crippen molar-refractivity contribution in [2.45, 2.75) is 19.9 Å². The number of nitrogens with one attached hydrogen (secondary N) is 3. The highest BCUT2D eigenvalue weighted by molar-refractivity contribution is 6.32. The molecule has 1 rings (SSSR count). The highest BCUT2D eigenvalue weighted by atomic mass is 35.5. The average Bonchev–Trinajstić information content (AvgIpc) is 2.49. The number of nitrogens with two attached hydrogens (primary N) is 1. The number of urea groups is 1. The van der Waals surface area contributed by atoms with E-state index in [9.17, 15) is 14.4 Å². The Morgan fingerprint density at radius 1 is 1.22 bits per heavy atom. The van der Waals surface area contributed by atoms with Crippen LogP contribution < -0.4 is 26.6 Å². The summed E-state index contributed by atoms with van der Waals surface area (Å²) in [6.07, 6.45) is 0. The molecule has 0 saturated carbocycles. The van der Waals surface area contributed by atoms with Crippen LogP contribution in [0.2, 0.25) is 5.02 Å². The zero-order chi connectivity index (χ0) is 17.4. The molecular weight excluding hydrogens is 324 g/mol. The van der Waals surface area contributed by atoms with E-state index in [1.807, 2.05) is 0 Å². The summed E-state index contributed by atoms with van der Waals surface area (Å²) in [6, 6.07) is 4.99. The number of para-hydroxylation sites is 1. The molecular formula is C14H19ClN4O4. The first-order valence-electron chi connectivity index (χ1n) is 6.83. The van der Waals surface area contributed by atoms with E-state index in [4.69, 9.17) is 22.1 Å². The van der Waals surface area contributed by atoms with E-state index < -0.39 is 23.9 Å². The number of primary amides is 1. The SMILES string of the molecule is CC(C)C(NC(N)=O)C(=O)NNC(=O)COc1ccccc1Cl. The molecule has 0 saturated heterocycles. The Balaban J connectivity index is 2.44. The monoisotopic (exact) mass is 342 g/mol. The van der Waals surface area contributed by atoms with Crippen molar-refractivity contribution in [3.05, 3.63) is 29.3 Å². The van der Waals surface area contributed by atoms with Gasteiger partial charge in [-0.25, -0.2) is 4.79 Å². The van der Waals surface area contributed by atoms with Crippen LogP contribution in [0, 0.1) is 5.92 Å². The van der Waals surface area contributed by atoms with Gasteiger partial charge in [0.05, 0.1) is 5.02 Å². The van der Waals surface area contributed by atoms with E-state index in [1.54, 1.807) is 38.1 Å². The lowest BCUT2D eigenvalue weighted by Gasteiger charge is -2.20. The molecule has 4 amide bonds. The molecule has 9 heteroatoms. The summed E-state index contributed by atoms with van der Waals surface area (Å²) >= 11 is 5.88. The third-order valence-electron chi connectivity index (χ3n) is 2.77. The van der Waals surface area contributed by atoms with Crippen molar-refractivity contribution in [1.29, 1.82) is 0 Å². The summed E-state index contributed by atoms with van der Waals surface area (Å²) in [5.74, 6) is -1.03. The van der Waals surface area contributed by atoms with Crippen molar-refractivity contribution in [3.8, 4) is 5.75 Å². The van der Waals surface area contributed by atoms with E-state index in [-0.39, 0.29) is 12.5 Å². The third kappa shape index (κ3) is 6.43. The minimum absolute atomic E-state index is 0.209. The topological polar surface area (TPSA) is 123 Å². The quantitative estimate of drug-likeness (QED) is 0.564. The van der Waals surface area contributed by atoms with E-state index in [2.05, 4.69) is 16.2 Å². The lowest BCUT2D eigenvalue weighted by atomic mass is 10.0. The summed E-state index contributed by atoms with van der Waals surface area (Å²) in [7, 11) is 0. The van der Waals surface area contributed by atoms with E-state index >= 15 is 0 Å². The van der Waals surface area contributed by atoms with Crippen LogP contribution in [0.5, 0.6) is 5.75 Å². The van der Waals surface area contributed by atoms with Crippen LogP contribution >= 0.6 is 11.6 Å². The number of hydrogen-bond acceptors (Lipinski definition) is 4. The van der Waals surface area contributed by atoms with Crippen LogP contribution in [-0.2, 0) is 9.59 Å². The van der Waals surface area contributed by atoms with Gasteiger partial charge in [0.1, 0.15) is 11.8 Å². The molecule has 1 unspecified atom stereocenters. The highest BCUT2D eigenvalue weighted by Crippen LogP contribution is 2.22. The van der Waals surface area contributed by atoms with E-state index in [0.717, 1.165) is 0 Å². The zero-order valence-electron chi connectivity index (χ0n) is 12.8. The molecule has 0 radical (unpaired) electrons. The molecule has 1 aromatic carbocycles. The molecule has 8 nitrogen and oxygen atoms in total. The first kappa shape index (κ1) is 18.6. The van der Waals surface area contributed by atoms with Crippen molar-refractivity contribution in [1.82, 2.24) is 16.2 Å². The van der Waals surface area contributed by atoms with Gasteiger partial charge < -0.3 is 15.8 Å². The molecule has 1 aromatic rings. The fraction of sp³-hybridized carbons (Fsp3) is 0.357. The van der Waals surface area contributed by atoms with Crippen molar-refractivity contribution >= 4 is 29.4 Å². The number of rotatable bonds is 6. The first-order valence-corrected chi connectivity index (χ1v) is 7.21. The Hall–Kier alpha value is -2.48. The van der Waals surface area contributed by atoms with Gasteiger partial charge in [0, 0.05) is 0 Å². The van der Waals surface area contributed by atoms with Crippen molar-refractivity contribution in [3.63, 3.8) is 0 Å². The van der Waals surface area contributed by atoms with Gasteiger partial charge in [-0.3, -0.25) is 20.4 Å². The number of hydrogen-bond donors (Lipinski definition) is 4. The maximum atomic E-state index is 11.9. The second-order valence-electron chi connectivity index (χ2n) is 4.99. The Bertz CT molecular complexity index is 580. The number of carbonyl (C=O) groups is 3. The minimum atomic E-state index is -0.864. The molecule has 0 fully saturated rings. The molecule has 126 valence electrons. The summed E-state index contributed by atoms with van der Waals surface area (Å²) in [6.45, 7) is 3.12. The van der Waals surface area contributed by atoms with Gasteiger partial charge in [-0.2, -0.15) is 0 Å². The predicted octanol–water partition coefficient (Wildman–Crippen LogP) is 0.559. The molecule has 0 bridgehead atoms. The summed E-state index contributed by atoms with van der Waals surface area (Å²) in [5.41, 5.74) is 9.38. The number of carbonyl (C=O) groups excluding carboxylic acids is 3. The number of halogens is 1. The summed E-state index contributed by atoms with van der Waals surface area (Å²) < 4.78 is 5.22. The van der Waals surface area contributed by atoms with Crippen LogP contribution in [0.4, 0.5) is 4.79 Å². The second-order valence-corrected chi connectivity index (χ2v) is 5.39. The standard InChI is InChI=1S/C14H19ClN4O4/c1-8(2)12(17-14(16)22)13(21)19-18-11(20)7-23-10-6-4-3-5-9(10)15/h3-6,8,12H,7H2,1-2H3,(H,18,20)(H,19,21)(H3,16,17,22). The average molecular weight is 343 g/mol. The molecule has 0 aliphatic heterocycles.